The molecule has 1 heterocycles. The molecule has 0 aliphatic heterocycles. The molecule has 172 valence electrons. The van der Waals surface area contributed by atoms with Crippen LogP contribution in [0.5, 0.6) is 0 Å². The number of hydrogen-bond acceptors (Lipinski definition) is 3. The second-order valence-electron chi connectivity index (χ2n) is 8.21. The monoisotopic (exact) mass is 539 g/mol. The maximum Gasteiger partial charge on any atom is 0.191 e. The first-order valence-corrected chi connectivity index (χ1v) is 11.3. The Labute approximate surface area is 204 Å². The summed E-state index contributed by atoms with van der Waals surface area (Å²) in [5, 5.41) is 7.03. The van der Waals surface area contributed by atoms with Crippen molar-refractivity contribution in [3.63, 3.8) is 0 Å². The first-order chi connectivity index (χ1) is 14.7. The van der Waals surface area contributed by atoms with Crippen molar-refractivity contribution in [1.82, 2.24) is 20.2 Å². The van der Waals surface area contributed by atoms with Crippen LogP contribution in [0.2, 0.25) is 0 Å². The van der Waals surface area contributed by atoms with E-state index in [4.69, 9.17) is 4.74 Å². The number of halogens is 1. The zero-order chi connectivity index (χ0) is 21.1. The standard InChI is InChI=1S/C24H37N5O.HI/c1-3-30-18-14-24(12-7-8-13-24)20-28-23(25-2)27-15-11-22-26-16-17-29(22)19-21-9-5-4-6-10-21;/h4-6,9-10,16-17H,3,7-8,11-15,18-20H2,1-2H3,(H2,25,27,28);1H. The van der Waals surface area contributed by atoms with Crippen LogP contribution in [0.4, 0.5) is 0 Å². The molecule has 1 aliphatic carbocycles. The van der Waals surface area contributed by atoms with Crippen molar-refractivity contribution >= 4 is 29.9 Å². The van der Waals surface area contributed by atoms with Gasteiger partial charge in [0.1, 0.15) is 5.82 Å². The van der Waals surface area contributed by atoms with E-state index >= 15 is 0 Å². The molecule has 7 heteroatoms. The van der Waals surface area contributed by atoms with Crippen molar-refractivity contribution in [2.75, 3.05) is 33.4 Å². The fourth-order valence-electron chi connectivity index (χ4n) is 4.35. The van der Waals surface area contributed by atoms with E-state index < -0.39 is 0 Å². The molecule has 3 rings (SSSR count). The summed E-state index contributed by atoms with van der Waals surface area (Å²) < 4.78 is 7.85. The molecular formula is C24H38IN5O. The molecule has 2 aromatic rings. The van der Waals surface area contributed by atoms with Crippen LogP contribution in [0.3, 0.4) is 0 Å². The predicted octanol–water partition coefficient (Wildman–Crippen LogP) is 4.24. The number of nitrogens with zero attached hydrogens (tertiary/aromatic N) is 3. The molecule has 0 bridgehead atoms. The lowest BCUT2D eigenvalue weighted by Crippen LogP contribution is -2.44. The zero-order valence-electron chi connectivity index (χ0n) is 19.0. The van der Waals surface area contributed by atoms with Gasteiger partial charge in [0, 0.05) is 58.7 Å². The fourth-order valence-corrected chi connectivity index (χ4v) is 4.35. The van der Waals surface area contributed by atoms with Crippen LogP contribution in [0.15, 0.2) is 47.7 Å². The third kappa shape index (κ3) is 8.11. The second kappa shape index (κ2) is 13.7. The van der Waals surface area contributed by atoms with Crippen molar-refractivity contribution < 1.29 is 4.74 Å². The van der Waals surface area contributed by atoms with Gasteiger partial charge in [0.2, 0.25) is 0 Å². The normalized spacial score (nSPS) is 15.5. The van der Waals surface area contributed by atoms with E-state index in [1.54, 1.807) is 0 Å². The minimum atomic E-state index is 0. The Morgan fingerprint density at radius 1 is 1.19 bits per heavy atom. The number of rotatable bonds is 11. The molecule has 0 spiro atoms. The van der Waals surface area contributed by atoms with Crippen molar-refractivity contribution in [3.05, 3.63) is 54.1 Å². The second-order valence-corrected chi connectivity index (χ2v) is 8.21. The Morgan fingerprint density at radius 3 is 2.68 bits per heavy atom. The van der Waals surface area contributed by atoms with E-state index in [0.717, 1.165) is 57.5 Å². The van der Waals surface area contributed by atoms with Gasteiger partial charge in [-0.15, -0.1) is 24.0 Å². The van der Waals surface area contributed by atoms with Crippen LogP contribution in [-0.2, 0) is 17.7 Å². The number of hydrogen-bond donors (Lipinski definition) is 2. The summed E-state index contributed by atoms with van der Waals surface area (Å²) in [6, 6.07) is 10.5. The maximum absolute atomic E-state index is 5.63. The lowest BCUT2D eigenvalue weighted by Gasteiger charge is -2.30. The van der Waals surface area contributed by atoms with Crippen molar-refractivity contribution in [1.29, 1.82) is 0 Å². The smallest absolute Gasteiger partial charge is 0.191 e. The van der Waals surface area contributed by atoms with E-state index in [1.165, 1.54) is 31.2 Å². The molecule has 1 aromatic heterocycles. The molecule has 0 radical (unpaired) electrons. The van der Waals surface area contributed by atoms with Crippen molar-refractivity contribution in [2.45, 2.75) is 52.0 Å². The largest absolute Gasteiger partial charge is 0.382 e. The average molecular weight is 540 g/mol. The van der Waals surface area contributed by atoms with Gasteiger partial charge in [-0.2, -0.15) is 0 Å². The molecule has 0 unspecified atom stereocenters. The van der Waals surface area contributed by atoms with Gasteiger partial charge in [0.15, 0.2) is 5.96 Å². The highest BCUT2D eigenvalue weighted by Crippen LogP contribution is 2.40. The number of aromatic nitrogens is 2. The molecule has 1 saturated carbocycles. The summed E-state index contributed by atoms with van der Waals surface area (Å²) in [7, 11) is 1.84. The van der Waals surface area contributed by atoms with Crippen LogP contribution in [-0.4, -0.2) is 48.9 Å². The summed E-state index contributed by atoms with van der Waals surface area (Å²) in [6.45, 7) is 6.34. The molecule has 0 atom stereocenters. The lowest BCUT2D eigenvalue weighted by atomic mass is 9.83. The predicted molar refractivity (Wildman–Crippen MR) is 138 cm³/mol. The van der Waals surface area contributed by atoms with Gasteiger partial charge in [-0.25, -0.2) is 4.98 Å². The van der Waals surface area contributed by atoms with E-state index in [0.29, 0.717) is 5.41 Å². The van der Waals surface area contributed by atoms with Gasteiger partial charge in [-0.05, 0) is 37.2 Å². The highest BCUT2D eigenvalue weighted by molar-refractivity contribution is 14.0. The van der Waals surface area contributed by atoms with Gasteiger partial charge in [-0.1, -0.05) is 43.2 Å². The van der Waals surface area contributed by atoms with Crippen LogP contribution in [0, 0.1) is 5.41 Å². The van der Waals surface area contributed by atoms with Gasteiger partial charge < -0.3 is 19.9 Å². The summed E-state index contributed by atoms with van der Waals surface area (Å²) >= 11 is 0. The Hall–Kier alpha value is -1.61. The molecular weight excluding hydrogens is 501 g/mol. The summed E-state index contributed by atoms with van der Waals surface area (Å²) in [5.41, 5.74) is 1.63. The number of benzene rings is 1. The maximum atomic E-state index is 5.63. The molecule has 1 aromatic carbocycles. The minimum Gasteiger partial charge on any atom is -0.382 e. The van der Waals surface area contributed by atoms with E-state index in [1.807, 2.05) is 19.3 Å². The fraction of sp³-hybridized carbons (Fsp3) is 0.583. The molecule has 6 nitrogen and oxygen atoms in total. The highest BCUT2D eigenvalue weighted by atomic mass is 127. The lowest BCUT2D eigenvalue weighted by molar-refractivity contribution is 0.105. The third-order valence-corrected chi connectivity index (χ3v) is 6.14. The number of guanidine groups is 1. The quantitative estimate of drug-likeness (QED) is 0.194. The number of aliphatic imine (C=N–C) groups is 1. The first kappa shape index (κ1) is 25.6. The highest BCUT2D eigenvalue weighted by Gasteiger charge is 2.33. The molecule has 2 N–H and O–H groups in total. The third-order valence-electron chi connectivity index (χ3n) is 6.14. The van der Waals surface area contributed by atoms with E-state index in [-0.39, 0.29) is 24.0 Å². The Balaban J connectivity index is 0.00000341. The molecule has 0 amide bonds. The van der Waals surface area contributed by atoms with Crippen LogP contribution < -0.4 is 10.6 Å². The van der Waals surface area contributed by atoms with Crippen LogP contribution in [0.1, 0.15) is 50.4 Å². The van der Waals surface area contributed by atoms with E-state index in [2.05, 4.69) is 62.6 Å². The Kier molecular flexibility index (Phi) is 11.4. The van der Waals surface area contributed by atoms with E-state index in [9.17, 15) is 0 Å². The first-order valence-electron chi connectivity index (χ1n) is 11.3. The number of nitrogens with one attached hydrogen (secondary N) is 2. The van der Waals surface area contributed by atoms with Gasteiger partial charge in [-0.3, -0.25) is 4.99 Å². The SMILES string of the molecule is CCOCCC1(CNC(=NC)NCCc2nccn2Cc2ccccc2)CCCC1.I. The average Bonchev–Trinajstić information content (AvgIpc) is 3.42. The van der Waals surface area contributed by atoms with Gasteiger partial charge in [0.05, 0.1) is 0 Å². The summed E-state index contributed by atoms with van der Waals surface area (Å²) in [6.07, 6.45) is 11.1. The van der Waals surface area contributed by atoms with Crippen molar-refractivity contribution in [2.24, 2.45) is 10.4 Å². The Bertz CT molecular complexity index is 771. The van der Waals surface area contributed by atoms with Gasteiger partial charge in [0.25, 0.3) is 0 Å². The zero-order valence-corrected chi connectivity index (χ0v) is 21.3. The van der Waals surface area contributed by atoms with Crippen molar-refractivity contribution in [3.8, 4) is 0 Å². The van der Waals surface area contributed by atoms with Gasteiger partial charge >= 0.3 is 0 Å². The molecule has 31 heavy (non-hydrogen) atoms. The summed E-state index contributed by atoms with van der Waals surface area (Å²) in [5.74, 6) is 1.96. The molecule has 1 fully saturated rings. The Morgan fingerprint density at radius 2 is 1.97 bits per heavy atom. The number of ether oxygens (including phenoxy) is 1. The van der Waals surface area contributed by atoms with Crippen LogP contribution in [0.25, 0.3) is 0 Å². The minimum absolute atomic E-state index is 0. The van der Waals surface area contributed by atoms with Crippen LogP contribution >= 0.6 is 24.0 Å². The topological polar surface area (TPSA) is 63.5 Å². The number of imidazole rings is 1. The molecule has 1 aliphatic rings. The summed E-state index contributed by atoms with van der Waals surface area (Å²) in [4.78, 5) is 8.97. The molecule has 0 saturated heterocycles.